The van der Waals surface area contributed by atoms with Crippen molar-refractivity contribution in [1.29, 1.82) is 0 Å². The number of carbonyl (C=O) groups excluding carboxylic acids is 1. The van der Waals surface area contributed by atoms with E-state index in [1.54, 1.807) is 7.11 Å². The first-order valence-corrected chi connectivity index (χ1v) is 11.2. The van der Waals surface area contributed by atoms with Gasteiger partial charge in [-0.25, -0.2) is 4.79 Å². The van der Waals surface area contributed by atoms with Crippen molar-refractivity contribution in [3.63, 3.8) is 0 Å². The van der Waals surface area contributed by atoms with E-state index in [9.17, 15) is 9.90 Å². The molecule has 3 aliphatic heterocycles. The van der Waals surface area contributed by atoms with E-state index in [2.05, 4.69) is 9.80 Å². The molecule has 4 rings (SSSR count). The Bertz CT molecular complexity index is 546. The SMILES string of the molecule is CCOC(=O)N1CCC2(CC(N3CCC([C@H]4CCCN4C(O)OC)CC3)C2)C1. The summed E-state index contributed by atoms with van der Waals surface area (Å²) in [6, 6.07) is 1.16. The van der Waals surface area contributed by atoms with Crippen molar-refractivity contribution < 1.29 is 19.4 Å². The molecule has 3 saturated heterocycles. The van der Waals surface area contributed by atoms with Gasteiger partial charge in [0, 0.05) is 38.8 Å². The standard InChI is InChI=1S/C21H37N3O4/c1-3-28-19(25)23-12-8-21(15-23)13-17(14-21)22-10-6-16(7-11-22)18-5-4-9-24(18)20(26)27-2/h16-18,20,26H,3-15H2,1-2H3/t17?,18-,20?,21?/m1/s1. The third kappa shape index (κ3) is 3.91. The van der Waals surface area contributed by atoms with Crippen molar-refractivity contribution in [1.82, 2.24) is 14.7 Å². The Morgan fingerprint density at radius 1 is 1.18 bits per heavy atom. The van der Waals surface area contributed by atoms with Crippen LogP contribution in [0.4, 0.5) is 4.79 Å². The summed E-state index contributed by atoms with van der Waals surface area (Å²) in [5.74, 6) is 0.670. The van der Waals surface area contributed by atoms with Crippen LogP contribution in [-0.2, 0) is 9.47 Å². The monoisotopic (exact) mass is 395 g/mol. The van der Waals surface area contributed by atoms with Crippen LogP contribution in [0.15, 0.2) is 0 Å². The maximum absolute atomic E-state index is 12.0. The molecule has 7 nitrogen and oxygen atoms in total. The second-order valence-electron chi connectivity index (χ2n) is 9.32. The smallest absolute Gasteiger partial charge is 0.409 e. The average Bonchev–Trinajstić information content (AvgIpc) is 3.34. The van der Waals surface area contributed by atoms with Gasteiger partial charge in [0.1, 0.15) is 0 Å². The lowest BCUT2D eigenvalue weighted by Gasteiger charge is -2.52. The zero-order valence-electron chi connectivity index (χ0n) is 17.5. The van der Waals surface area contributed by atoms with Crippen molar-refractivity contribution in [2.45, 2.75) is 70.4 Å². The first-order valence-electron chi connectivity index (χ1n) is 11.2. The molecule has 1 unspecified atom stereocenters. The largest absolute Gasteiger partial charge is 0.450 e. The van der Waals surface area contributed by atoms with Crippen molar-refractivity contribution in [2.24, 2.45) is 11.3 Å². The molecule has 0 aromatic rings. The van der Waals surface area contributed by atoms with E-state index in [-0.39, 0.29) is 6.09 Å². The third-order valence-electron chi connectivity index (χ3n) is 7.77. The summed E-state index contributed by atoms with van der Waals surface area (Å²) in [5, 5.41) is 10.1. The Balaban J connectivity index is 1.22. The molecule has 0 radical (unpaired) electrons. The minimum atomic E-state index is -0.748. The van der Waals surface area contributed by atoms with Gasteiger partial charge < -0.3 is 24.4 Å². The maximum Gasteiger partial charge on any atom is 0.409 e. The topological polar surface area (TPSA) is 65.5 Å². The van der Waals surface area contributed by atoms with Crippen LogP contribution in [0.3, 0.4) is 0 Å². The Kier molecular flexibility index (Phi) is 6.16. The molecule has 160 valence electrons. The van der Waals surface area contributed by atoms with Crippen LogP contribution < -0.4 is 0 Å². The number of hydrogen-bond donors (Lipinski definition) is 1. The van der Waals surface area contributed by atoms with Gasteiger partial charge in [-0.05, 0) is 76.3 Å². The summed E-state index contributed by atoms with van der Waals surface area (Å²) in [5.41, 5.74) is 0.346. The fraction of sp³-hybridized carbons (Fsp3) is 0.952. The summed E-state index contributed by atoms with van der Waals surface area (Å²) in [4.78, 5) is 18.7. The second-order valence-corrected chi connectivity index (χ2v) is 9.32. The van der Waals surface area contributed by atoms with Crippen LogP contribution in [0.25, 0.3) is 0 Å². The summed E-state index contributed by atoms with van der Waals surface area (Å²) >= 11 is 0. The molecule has 4 aliphatic rings. The molecule has 1 spiro atoms. The highest BCUT2D eigenvalue weighted by Crippen LogP contribution is 2.51. The molecule has 1 aliphatic carbocycles. The summed E-state index contributed by atoms with van der Waals surface area (Å²) in [6.45, 7) is 7.34. The molecule has 0 aromatic heterocycles. The second kappa shape index (κ2) is 8.46. The van der Waals surface area contributed by atoms with Crippen LogP contribution in [0.5, 0.6) is 0 Å². The Morgan fingerprint density at radius 3 is 2.61 bits per heavy atom. The van der Waals surface area contributed by atoms with Crippen molar-refractivity contribution in [3.8, 4) is 0 Å². The van der Waals surface area contributed by atoms with Crippen LogP contribution in [-0.4, -0.2) is 90.8 Å². The zero-order valence-corrected chi connectivity index (χ0v) is 17.5. The number of nitrogens with zero attached hydrogens (tertiary/aromatic N) is 3. The molecule has 0 aromatic carbocycles. The van der Waals surface area contributed by atoms with E-state index in [4.69, 9.17) is 9.47 Å². The number of rotatable bonds is 5. The lowest BCUT2D eigenvalue weighted by atomic mass is 9.64. The summed E-state index contributed by atoms with van der Waals surface area (Å²) in [7, 11) is 1.58. The molecule has 1 saturated carbocycles. The van der Waals surface area contributed by atoms with Crippen molar-refractivity contribution in [3.05, 3.63) is 0 Å². The zero-order chi connectivity index (χ0) is 19.7. The Labute approximate surface area is 168 Å². The normalized spacial score (nSPS) is 36.0. The van der Waals surface area contributed by atoms with Gasteiger partial charge in [0.15, 0.2) is 0 Å². The van der Waals surface area contributed by atoms with Crippen LogP contribution in [0.2, 0.25) is 0 Å². The molecular formula is C21H37N3O4. The van der Waals surface area contributed by atoms with Gasteiger partial charge in [-0.15, -0.1) is 0 Å². The van der Waals surface area contributed by atoms with Gasteiger partial charge in [0.05, 0.1) is 6.61 Å². The van der Waals surface area contributed by atoms with Gasteiger partial charge in [-0.2, -0.15) is 0 Å². The maximum atomic E-state index is 12.0. The van der Waals surface area contributed by atoms with Crippen LogP contribution >= 0.6 is 0 Å². The highest BCUT2D eigenvalue weighted by molar-refractivity contribution is 5.68. The van der Waals surface area contributed by atoms with E-state index in [0.29, 0.717) is 30.0 Å². The number of aliphatic hydroxyl groups excluding tert-OH is 1. The molecular weight excluding hydrogens is 358 g/mol. The molecule has 2 atom stereocenters. The molecule has 7 heteroatoms. The van der Waals surface area contributed by atoms with Crippen LogP contribution in [0.1, 0.15) is 51.9 Å². The third-order valence-corrected chi connectivity index (χ3v) is 7.77. The predicted molar refractivity (Wildman–Crippen MR) is 106 cm³/mol. The first kappa shape index (κ1) is 20.4. The number of hydrogen-bond acceptors (Lipinski definition) is 6. The molecule has 1 N–H and O–H groups in total. The molecule has 28 heavy (non-hydrogen) atoms. The summed E-state index contributed by atoms with van der Waals surface area (Å²) in [6.07, 6.45) is 7.48. The molecule has 4 fully saturated rings. The predicted octanol–water partition coefficient (Wildman–Crippen LogP) is 2.10. The minimum Gasteiger partial charge on any atom is -0.450 e. The van der Waals surface area contributed by atoms with Crippen molar-refractivity contribution >= 4 is 6.09 Å². The first-order chi connectivity index (χ1) is 13.5. The quantitative estimate of drug-likeness (QED) is 0.719. The number of methoxy groups -OCH3 is 1. The van der Waals surface area contributed by atoms with Gasteiger partial charge in [-0.3, -0.25) is 4.90 Å². The molecule has 0 bridgehead atoms. The lowest BCUT2D eigenvalue weighted by Crippen LogP contribution is -2.55. The molecule has 1 amide bonds. The van der Waals surface area contributed by atoms with Gasteiger partial charge in [-0.1, -0.05) is 0 Å². The van der Waals surface area contributed by atoms with Gasteiger partial charge in [0.25, 0.3) is 0 Å². The Hall–Kier alpha value is -0.890. The van der Waals surface area contributed by atoms with E-state index in [1.807, 2.05) is 11.8 Å². The van der Waals surface area contributed by atoms with E-state index >= 15 is 0 Å². The fourth-order valence-corrected chi connectivity index (χ4v) is 6.24. The van der Waals surface area contributed by atoms with Gasteiger partial charge in [0.2, 0.25) is 6.41 Å². The van der Waals surface area contributed by atoms with Crippen LogP contribution in [0, 0.1) is 11.3 Å². The lowest BCUT2D eigenvalue weighted by molar-refractivity contribution is -0.188. The minimum absolute atomic E-state index is 0.136. The van der Waals surface area contributed by atoms with E-state index in [0.717, 1.165) is 32.5 Å². The molecule has 3 heterocycles. The Morgan fingerprint density at radius 2 is 1.93 bits per heavy atom. The number of ether oxygens (including phenoxy) is 2. The highest BCUT2D eigenvalue weighted by atomic mass is 16.6. The van der Waals surface area contributed by atoms with E-state index in [1.165, 1.54) is 45.2 Å². The number of amides is 1. The average molecular weight is 396 g/mol. The van der Waals surface area contributed by atoms with E-state index < -0.39 is 6.41 Å². The fourth-order valence-electron chi connectivity index (χ4n) is 6.24. The van der Waals surface area contributed by atoms with Crippen molar-refractivity contribution in [2.75, 3.05) is 46.4 Å². The summed E-state index contributed by atoms with van der Waals surface area (Å²) < 4.78 is 10.3. The number of piperidine rings is 1. The number of likely N-dealkylation sites (tertiary alicyclic amines) is 3. The van der Waals surface area contributed by atoms with Gasteiger partial charge >= 0.3 is 6.09 Å². The number of aliphatic hydroxyl groups is 1. The number of carbonyl (C=O) groups is 1. The highest BCUT2D eigenvalue weighted by Gasteiger charge is 2.51.